The molecule has 1 fully saturated rings. The van der Waals surface area contributed by atoms with Crippen LogP contribution in [0, 0.1) is 0 Å². The van der Waals surface area contributed by atoms with E-state index >= 15 is 8.78 Å². The first kappa shape index (κ1) is 32.2. The highest BCUT2D eigenvalue weighted by Crippen LogP contribution is 2.37. The maximum absolute atomic E-state index is 15.4. The first-order valence-corrected chi connectivity index (χ1v) is 13.5. The summed E-state index contributed by atoms with van der Waals surface area (Å²) >= 11 is 0. The van der Waals surface area contributed by atoms with E-state index in [1.807, 2.05) is 27.7 Å². The fraction of sp³-hybridized carbons (Fsp3) is 0.962. The van der Waals surface area contributed by atoms with Crippen LogP contribution in [0.2, 0.25) is 0 Å². The van der Waals surface area contributed by atoms with Gasteiger partial charge in [0.1, 0.15) is 24.4 Å². The molecule has 0 saturated carbocycles. The van der Waals surface area contributed by atoms with Crippen molar-refractivity contribution >= 4 is 5.97 Å². The van der Waals surface area contributed by atoms with Crippen LogP contribution >= 0.6 is 0 Å². The molecule has 35 heavy (non-hydrogen) atoms. The van der Waals surface area contributed by atoms with Gasteiger partial charge in [-0.3, -0.25) is 0 Å². The molecule has 1 aliphatic heterocycles. The number of hydrogen-bond acceptors (Lipinski definition) is 7. The summed E-state index contributed by atoms with van der Waals surface area (Å²) in [7, 11) is 0. The second-order valence-corrected chi connectivity index (χ2v) is 8.93. The lowest BCUT2D eigenvalue weighted by Crippen LogP contribution is -2.67. The quantitative estimate of drug-likeness (QED) is 0.162. The van der Waals surface area contributed by atoms with Crippen molar-refractivity contribution in [2.24, 2.45) is 0 Å². The van der Waals surface area contributed by atoms with Gasteiger partial charge >= 0.3 is 11.9 Å². The number of unbranched alkanes of at least 4 members (excludes halogenated alkanes) is 4. The molecule has 0 spiro atoms. The number of esters is 1. The van der Waals surface area contributed by atoms with E-state index in [-0.39, 0.29) is 19.8 Å². The Labute approximate surface area is 210 Å². The molecule has 1 heterocycles. The molecule has 208 valence electrons. The molecule has 7 nitrogen and oxygen atoms in total. The van der Waals surface area contributed by atoms with Crippen LogP contribution in [0.3, 0.4) is 0 Å². The summed E-state index contributed by atoms with van der Waals surface area (Å²) < 4.78 is 65.6. The Bertz CT molecular complexity index is 550. The Balaban J connectivity index is 3.33. The largest absolute Gasteiger partial charge is 0.461 e. The van der Waals surface area contributed by atoms with Crippen molar-refractivity contribution in [1.29, 1.82) is 0 Å². The van der Waals surface area contributed by atoms with Gasteiger partial charge in [0.15, 0.2) is 6.10 Å². The van der Waals surface area contributed by atoms with Crippen LogP contribution in [0.5, 0.6) is 0 Å². The summed E-state index contributed by atoms with van der Waals surface area (Å²) in [6.07, 6.45) is 1.26. The minimum Gasteiger partial charge on any atom is -0.461 e. The molecule has 0 amide bonds. The van der Waals surface area contributed by atoms with Gasteiger partial charge in [0, 0.05) is 26.4 Å². The van der Waals surface area contributed by atoms with Crippen LogP contribution in [0.4, 0.5) is 8.78 Å². The monoisotopic (exact) mass is 510 g/mol. The number of alkyl halides is 2. The van der Waals surface area contributed by atoms with Gasteiger partial charge in [-0.05, 0) is 32.6 Å². The molecule has 0 radical (unpaired) electrons. The SMILES string of the molecule is CCCCOC[C@H]1OC(C(F)(F)C(=O)OCC)[C@H](OCCCC)[C@@H](OCCCC)[C@@H]1OCCCC. The van der Waals surface area contributed by atoms with E-state index < -0.39 is 42.4 Å². The number of carbonyl (C=O) groups is 1. The van der Waals surface area contributed by atoms with Gasteiger partial charge in [-0.1, -0.05) is 53.4 Å². The zero-order valence-corrected chi connectivity index (χ0v) is 22.4. The normalized spacial score (nSPS) is 25.1. The number of hydrogen-bond donors (Lipinski definition) is 0. The van der Waals surface area contributed by atoms with Gasteiger partial charge in [-0.15, -0.1) is 0 Å². The number of rotatable bonds is 20. The number of halogens is 2. The van der Waals surface area contributed by atoms with Crippen molar-refractivity contribution in [2.75, 3.05) is 39.6 Å². The maximum atomic E-state index is 15.4. The molecule has 1 unspecified atom stereocenters. The van der Waals surface area contributed by atoms with Gasteiger partial charge in [-0.2, -0.15) is 8.78 Å². The van der Waals surface area contributed by atoms with E-state index in [9.17, 15) is 4.79 Å². The summed E-state index contributed by atoms with van der Waals surface area (Å²) in [6.45, 7) is 11.0. The number of ether oxygens (including phenoxy) is 6. The minimum atomic E-state index is -3.92. The maximum Gasteiger partial charge on any atom is 0.379 e. The highest BCUT2D eigenvalue weighted by Gasteiger charge is 2.61. The first-order chi connectivity index (χ1) is 16.9. The van der Waals surface area contributed by atoms with E-state index in [4.69, 9.17) is 28.4 Å². The predicted molar refractivity (Wildman–Crippen MR) is 130 cm³/mol. The topological polar surface area (TPSA) is 72.5 Å². The fourth-order valence-corrected chi connectivity index (χ4v) is 3.79. The lowest BCUT2D eigenvalue weighted by molar-refractivity contribution is -0.303. The van der Waals surface area contributed by atoms with Crippen LogP contribution in [-0.2, 0) is 33.2 Å². The highest BCUT2D eigenvalue weighted by atomic mass is 19.3. The summed E-state index contributed by atoms with van der Waals surface area (Å²) in [4.78, 5) is 12.3. The zero-order chi connectivity index (χ0) is 26.1. The zero-order valence-electron chi connectivity index (χ0n) is 22.4. The van der Waals surface area contributed by atoms with Gasteiger partial charge in [0.2, 0.25) is 0 Å². The number of carbonyl (C=O) groups excluding carboxylic acids is 1. The van der Waals surface area contributed by atoms with E-state index in [0.29, 0.717) is 26.2 Å². The Morgan fingerprint density at radius 2 is 1.23 bits per heavy atom. The first-order valence-electron chi connectivity index (χ1n) is 13.5. The third-order valence-electron chi connectivity index (χ3n) is 5.89. The molecule has 9 heteroatoms. The van der Waals surface area contributed by atoms with Gasteiger partial charge in [-0.25, -0.2) is 4.79 Å². The van der Waals surface area contributed by atoms with Crippen molar-refractivity contribution < 1.29 is 42.0 Å². The second kappa shape index (κ2) is 18.4. The van der Waals surface area contributed by atoms with Gasteiger partial charge < -0.3 is 28.4 Å². The van der Waals surface area contributed by atoms with E-state index in [2.05, 4.69) is 0 Å². The predicted octanol–water partition coefficient (Wildman–Crippen LogP) is 5.32. The molecule has 1 aliphatic rings. The average molecular weight is 511 g/mol. The fourth-order valence-electron chi connectivity index (χ4n) is 3.79. The van der Waals surface area contributed by atoms with Crippen LogP contribution in [-0.4, -0.2) is 82.1 Å². The van der Waals surface area contributed by atoms with E-state index in [0.717, 1.165) is 44.9 Å². The average Bonchev–Trinajstić information content (AvgIpc) is 2.84. The molecular weight excluding hydrogens is 462 g/mol. The molecule has 0 aromatic carbocycles. The summed E-state index contributed by atoms with van der Waals surface area (Å²) in [5.74, 6) is -5.55. The summed E-state index contributed by atoms with van der Waals surface area (Å²) in [6, 6.07) is 0. The molecular formula is C26H48F2O7. The van der Waals surface area contributed by atoms with Crippen molar-refractivity contribution in [3.63, 3.8) is 0 Å². The Morgan fingerprint density at radius 1 is 0.743 bits per heavy atom. The van der Waals surface area contributed by atoms with Gasteiger partial charge in [0.25, 0.3) is 0 Å². The minimum absolute atomic E-state index is 0.0571. The van der Waals surface area contributed by atoms with Crippen LogP contribution in [0.25, 0.3) is 0 Å². The Kier molecular flexibility index (Phi) is 16.9. The third-order valence-corrected chi connectivity index (χ3v) is 5.89. The van der Waals surface area contributed by atoms with Crippen LogP contribution in [0.1, 0.15) is 86.0 Å². The molecule has 1 saturated heterocycles. The van der Waals surface area contributed by atoms with Crippen molar-refractivity contribution in [3.05, 3.63) is 0 Å². The lowest BCUT2D eigenvalue weighted by Gasteiger charge is -2.47. The second-order valence-electron chi connectivity index (χ2n) is 8.93. The molecule has 0 aromatic rings. The third kappa shape index (κ3) is 10.6. The van der Waals surface area contributed by atoms with E-state index in [1.165, 1.54) is 6.92 Å². The summed E-state index contributed by atoms with van der Waals surface area (Å²) in [5.41, 5.74) is 0. The van der Waals surface area contributed by atoms with Gasteiger partial charge in [0.05, 0.1) is 13.2 Å². The molecule has 0 N–H and O–H groups in total. The van der Waals surface area contributed by atoms with Crippen LogP contribution < -0.4 is 0 Å². The van der Waals surface area contributed by atoms with Crippen molar-refractivity contribution in [1.82, 2.24) is 0 Å². The Hall–Kier alpha value is -0.870. The van der Waals surface area contributed by atoms with E-state index in [1.54, 1.807) is 0 Å². The molecule has 5 atom stereocenters. The molecule has 0 bridgehead atoms. The lowest BCUT2D eigenvalue weighted by atomic mass is 9.90. The van der Waals surface area contributed by atoms with Crippen LogP contribution in [0.15, 0.2) is 0 Å². The molecule has 1 rings (SSSR count). The molecule has 0 aromatic heterocycles. The smallest absolute Gasteiger partial charge is 0.379 e. The standard InChI is InChI=1S/C26H48F2O7/c1-6-11-15-30-19-20-21(32-16-12-7-2)22(33-17-13-8-3)23(34-18-14-9-4)24(35-20)26(27,28)25(29)31-10-5/h20-24H,6-19H2,1-5H3/t20-,21-,22+,23-,24?/m1/s1. The Morgan fingerprint density at radius 3 is 1.74 bits per heavy atom. The van der Waals surface area contributed by atoms with Crippen molar-refractivity contribution in [2.45, 2.75) is 122 Å². The van der Waals surface area contributed by atoms with Crippen molar-refractivity contribution in [3.8, 4) is 0 Å². The molecule has 0 aliphatic carbocycles. The highest BCUT2D eigenvalue weighted by molar-refractivity contribution is 5.78. The summed E-state index contributed by atoms with van der Waals surface area (Å²) in [5, 5.41) is 0.